The molecule has 0 radical (unpaired) electrons. The molecule has 0 unspecified atom stereocenters. The number of rotatable bonds is 4. The van der Waals surface area contributed by atoms with Gasteiger partial charge in [-0.15, -0.1) is 0 Å². The first kappa shape index (κ1) is 16.2. The number of nitrogens with zero attached hydrogens (tertiary/aromatic N) is 2. The quantitative estimate of drug-likeness (QED) is 0.733. The summed E-state index contributed by atoms with van der Waals surface area (Å²) in [5, 5.41) is 0. The number of halogens is 1. The van der Waals surface area contributed by atoms with Crippen LogP contribution in [0.1, 0.15) is 42.5 Å². The van der Waals surface area contributed by atoms with Crippen molar-refractivity contribution < 1.29 is 4.79 Å². The fourth-order valence-electron chi connectivity index (χ4n) is 3.00. The molecule has 0 spiro atoms. The summed E-state index contributed by atoms with van der Waals surface area (Å²) in [5.41, 5.74) is 1.64. The van der Waals surface area contributed by atoms with Gasteiger partial charge in [0.05, 0.1) is 12.6 Å². The van der Waals surface area contributed by atoms with E-state index < -0.39 is 0 Å². The molecule has 1 aromatic carbocycles. The number of ketones is 1. The summed E-state index contributed by atoms with van der Waals surface area (Å²) in [6, 6.07) is 13.9. The van der Waals surface area contributed by atoms with E-state index in [1.165, 1.54) is 19.3 Å². The van der Waals surface area contributed by atoms with E-state index in [0.717, 1.165) is 28.4 Å². The third-order valence-electron chi connectivity index (χ3n) is 4.29. The van der Waals surface area contributed by atoms with Crippen molar-refractivity contribution in [3.8, 4) is 0 Å². The first-order valence-electron chi connectivity index (χ1n) is 8.20. The molecule has 0 atom stereocenters. The molecule has 1 fully saturated rings. The standard InChI is InChI=1S/C19H21BrN2O/c20-16-11-9-15(10-12-16)18(23)14-22-13-5-4-8-19(22)21-17-6-2-1-3-7-17/h4-5,8-13,17H,1-3,6-7,14H2. The highest BCUT2D eigenvalue weighted by atomic mass is 79.9. The van der Waals surface area contributed by atoms with Gasteiger partial charge in [-0.05, 0) is 37.1 Å². The van der Waals surface area contributed by atoms with Gasteiger partial charge in [-0.2, -0.15) is 0 Å². The van der Waals surface area contributed by atoms with Crippen LogP contribution in [0.4, 0.5) is 0 Å². The predicted molar refractivity (Wildman–Crippen MR) is 95.3 cm³/mol. The summed E-state index contributed by atoms with van der Waals surface area (Å²) in [4.78, 5) is 17.4. The van der Waals surface area contributed by atoms with E-state index in [2.05, 4.69) is 15.9 Å². The van der Waals surface area contributed by atoms with E-state index in [1.807, 2.05) is 53.2 Å². The summed E-state index contributed by atoms with van der Waals surface area (Å²) in [6.45, 7) is 0.327. The molecule has 3 rings (SSSR count). The zero-order valence-electron chi connectivity index (χ0n) is 13.1. The van der Waals surface area contributed by atoms with Crippen LogP contribution >= 0.6 is 15.9 Å². The van der Waals surface area contributed by atoms with Gasteiger partial charge in [-0.3, -0.25) is 9.79 Å². The van der Waals surface area contributed by atoms with Gasteiger partial charge >= 0.3 is 0 Å². The van der Waals surface area contributed by atoms with Gasteiger partial charge in [0.2, 0.25) is 0 Å². The molecule has 0 amide bonds. The van der Waals surface area contributed by atoms with Gasteiger partial charge in [0.15, 0.2) is 5.78 Å². The maximum Gasteiger partial charge on any atom is 0.182 e. The molecule has 1 aromatic heterocycles. The SMILES string of the molecule is O=C(Cn1ccccc1=NC1CCCCC1)c1ccc(Br)cc1. The Morgan fingerprint density at radius 1 is 1.09 bits per heavy atom. The summed E-state index contributed by atoms with van der Waals surface area (Å²) in [5.74, 6) is 0.105. The van der Waals surface area contributed by atoms with Crippen molar-refractivity contribution in [2.75, 3.05) is 0 Å². The molecule has 1 heterocycles. The normalized spacial score (nSPS) is 16.5. The maximum absolute atomic E-state index is 12.5. The lowest BCUT2D eigenvalue weighted by Gasteiger charge is -2.18. The second kappa shape index (κ2) is 7.73. The number of aromatic nitrogens is 1. The van der Waals surface area contributed by atoms with Gasteiger partial charge in [-0.1, -0.05) is 53.4 Å². The molecular weight excluding hydrogens is 352 g/mol. The summed E-state index contributed by atoms with van der Waals surface area (Å²) in [6.07, 6.45) is 8.12. The highest BCUT2D eigenvalue weighted by Crippen LogP contribution is 2.19. The van der Waals surface area contributed by atoms with Crippen LogP contribution < -0.4 is 5.49 Å². The second-order valence-corrected chi connectivity index (χ2v) is 6.95. The highest BCUT2D eigenvalue weighted by Gasteiger charge is 2.12. The average Bonchev–Trinajstić information content (AvgIpc) is 2.58. The van der Waals surface area contributed by atoms with E-state index in [1.54, 1.807) is 0 Å². The molecule has 3 nitrogen and oxygen atoms in total. The number of carbonyl (C=O) groups excluding carboxylic acids is 1. The minimum absolute atomic E-state index is 0.105. The average molecular weight is 373 g/mol. The van der Waals surface area contributed by atoms with Crippen LogP contribution in [0.3, 0.4) is 0 Å². The number of hydrogen-bond acceptors (Lipinski definition) is 2. The van der Waals surface area contributed by atoms with E-state index in [4.69, 9.17) is 4.99 Å². The van der Waals surface area contributed by atoms with Gasteiger partial charge in [0.25, 0.3) is 0 Å². The molecule has 0 N–H and O–H groups in total. The van der Waals surface area contributed by atoms with Crippen LogP contribution in [-0.4, -0.2) is 16.4 Å². The van der Waals surface area contributed by atoms with Crippen molar-refractivity contribution in [1.29, 1.82) is 0 Å². The Morgan fingerprint density at radius 2 is 1.83 bits per heavy atom. The van der Waals surface area contributed by atoms with Crippen LogP contribution in [-0.2, 0) is 6.54 Å². The van der Waals surface area contributed by atoms with Crippen molar-refractivity contribution in [3.63, 3.8) is 0 Å². The molecule has 0 bridgehead atoms. The molecule has 0 saturated heterocycles. The van der Waals surface area contributed by atoms with Crippen LogP contribution in [0.5, 0.6) is 0 Å². The smallest absolute Gasteiger partial charge is 0.182 e. The fourth-order valence-corrected chi connectivity index (χ4v) is 3.26. The molecule has 1 aliphatic rings. The number of pyridine rings is 1. The molecule has 1 saturated carbocycles. The molecule has 120 valence electrons. The van der Waals surface area contributed by atoms with Crippen molar-refractivity contribution in [2.45, 2.75) is 44.7 Å². The second-order valence-electron chi connectivity index (χ2n) is 6.04. The largest absolute Gasteiger partial charge is 0.326 e. The fraction of sp³-hybridized carbons (Fsp3) is 0.368. The molecular formula is C19H21BrN2O. The van der Waals surface area contributed by atoms with Crippen LogP contribution in [0, 0.1) is 0 Å². The highest BCUT2D eigenvalue weighted by molar-refractivity contribution is 9.10. The van der Waals surface area contributed by atoms with Crippen molar-refractivity contribution in [2.24, 2.45) is 4.99 Å². The van der Waals surface area contributed by atoms with Gasteiger partial charge in [0, 0.05) is 16.2 Å². The van der Waals surface area contributed by atoms with Crippen LogP contribution in [0.25, 0.3) is 0 Å². The molecule has 23 heavy (non-hydrogen) atoms. The minimum atomic E-state index is 0.105. The lowest BCUT2D eigenvalue weighted by atomic mass is 9.96. The van der Waals surface area contributed by atoms with Crippen molar-refractivity contribution in [3.05, 3.63) is 64.2 Å². The number of Topliss-reactive ketones (excluding diaryl/α,β-unsaturated/α-hetero) is 1. The van der Waals surface area contributed by atoms with Crippen LogP contribution in [0.2, 0.25) is 0 Å². The molecule has 0 aliphatic heterocycles. The monoisotopic (exact) mass is 372 g/mol. The Labute approximate surface area is 145 Å². The summed E-state index contributed by atoms with van der Waals surface area (Å²) in [7, 11) is 0. The van der Waals surface area contributed by atoms with E-state index >= 15 is 0 Å². The lowest BCUT2D eigenvalue weighted by Crippen LogP contribution is -2.26. The van der Waals surface area contributed by atoms with Crippen LogP contribution in [0.15, 0.2) is 58.1 Å². The maximum atomic E-state index is 12.5. The van der Waals surface area contributed by atoms with Crippen molar-refractivity contribution >= 4 is 21.7 Å². The first-order chi connectivity index (χ1) is 11.2. The molecule has 2 aromatic rings. The zero-order valence-corrected chi connectivity index (χ0v) is 14.7. The third kappa shape index (κ3) is 4.41. The Balaban J connectivity index is 1.81. The predicted octanol–water partition coefficient (Wildman–Crippen LogP) is 4.37. The number of carbonyl (C=O) groups is 1. The van der Waals surface area contributed by atoms with E-state index in [-0.39, 0.29) is 5.78 Å². The van der Waals surface area contributed by atoms with E-state index in [0.29, 0.717) is 12.6 Å². The first-order valence-corrected chi connectivity index (χ1v) is 9.00. The van der Waals surface area contributed by atoms with Crippen molar-refractivity contribution in [1.82, 2.24) is 4.57 Å². The lowest BCUT2D eigenvalue weighted by molar-refractivity contribution is 0.0970. The Morgan fingerprint density at radius 3 is 2.57 bits per heavy atom. The van der Waals surface area contributed by atoms with Gasteiger partial charge < -0.3 is 4.57 Å². The summed E-state index contributed by atoms with van der Waals surface area (Å²) >= 11 is 3.40. The van der Waals surface area contributed by atoms with E-state index in [9.17, 15) is 4.79 Å². The molecule has 1 aliphatic carbocycles. The molecule has 4 heteroatoms. The summed E-state index contributed by atoms with van der Waals surface area (Å²) < 4.78 is 2.94. The van der Waals surface area contributed by atoms with Gasteiger partial charge in [-0.25, -0.2) is 0 Å². The number of benzene rings is 1. The Kier molecular flexibility index (Phi) is 5.44. The Hall–Kier alpha value is -1.68. The topological polar surface area (TPSA) is 34.4 Å². The van der Waals surface area contributed by atoms with Gasteiger partial charge in [0.1, 0.15) is 5.49 Å². The minimum Gasteiger partial charge on any atom is -0.326 e. The Bertz CT molecular complexity index is 728. The zero-order chi connectivity index (χ0) is 16.1. The number of hydrogen-bond donors (Lipinski definition) is 0. The third-order valence-corrected chi connectivity index (χ3v) is 4.82.